The molecule has 140 valence electrons. The number of nitrogens with one attached hydrogen (secondary N) is 1. The summed E-state index contributed by atoms with van der Waals surface area (Å²) in [5.41, 5.74) is 3.60. The second-order valence-electron chi connectivity index (χ2n) is 6.85. The normalized spacial score (nSPS) is 12.1. The fraction of sp³-hybridized carbons (Fsp3) is 0.318. The van der Waals surface area contributed by atoms with E-state index in [4.69, 9.17) is 0 Å². The lowest BCUT2D eigenvalue weighted by Crippen LogP contribution is -2.33. The van der Waals surface area contributed by atoms with Crippen molar-refractivity contribution < 1.29 is 4.79 Å². The summed E-state index contributed by atoms with van der Waals surface area (Å²) in [5.74, 6) is -0.119. The molecule has 1 amide bonds. The number of hydrogen-bond donors (Lipinski definition) is 1. The first kappa shape index (κ1) is 18.8. The van der Waals surface area contributed by atoms with Gasteiger partial charge in [0, 0.05) is 18.2 Å². The fourth-order valence-corrected chi connectivity index (χ4v) is 3.24. The van der Waals surface area contributed by atoms with Gasteiger partial charge in [-0.2, -0.15) is 0 Å². The molecule has 3 rings (SSSR count). The standard InChI is InChI=1S/C22H25N3O2/c1-4-25-20-13-12-18(14-19(20)24-16(3)22(25)27)21(26)23-15(2)10-11-17-8-6-5-7-9-17/h5-9,12-15H,4,10-11H2,1-3H3,(H,23,26)/t15-/m1/s1. The maximum absolute atomic E-state index is 12.6. The van der Waals surface area contributed by atoms with Crippen LogP contribution in [0.15, 0.2) is 53.3 Å². The van der Waals surface area contributed by atoms with Gasteiger partial charge in [-0.25, -0.2) is 4.98 Å². The van der Waals surface area contributed by atoms with Gasteiger partial charge in [0.2, 0.25) is 0 Å². The van der Waals surface area contributed by atoms with Crippen LogP contribution in [0.3, 0.4) is 0 Å². The average molecular weight is 363 g/mol. The van der Waals surface area contributed by atoms with Crippen LogP contribution in [-0.2, 0) is 13.0 Å². The quantitative estimate of drug-likeness (QED) is 0.729. The Bertz CT molecular complexity index is 1010. The SMILES string of the molecule is CCn1c(=O)c(C)nc2cc(C(=O)N[C@H](C)CCc3ccccc3)ccc21. The molecule has 0 radical (unpaired) electrons. The lowest BCUT2D eigenvalue weighted by molar-refractivity contribution is 0.0938. The van der Waals surface area contributed by atoms with Gasteiger partial charge >= 0.3 is 0 Å². The number of aromatic nitrogens is 2. The van der Waals surface area contributed by atoms with Gasteiger partial charge in [-0.3, -0.25) is 9.59 Å². The second-order valence-corrected chi connectivity index (χ2v) is 6.85. The number of carbonyl (C=O) groups excluding carboxylic acids is 1. The van der Waals surface area contributed by atoms with Crippen molar-refractivity contribution in [3.05, 3.63) is 75.7 Å². The zero-order valence-corrected chi connectivity index (χ0v) is 16.0. The summed E-state index contributed by atoms with van der Waals surface area (Å²) in [6, 6.07) is 15.6. The Labute approximate surface area is 159 Å². The van der Waals surface area contributed by atoms with E-state index >= 15 is 0 Å². The van der Waals surface area contributed by atoms with E-state index in [0.717, 1.165) is 18.4 Å². The minimum Gasteiger partial charge on any atom is -0.350 e. The number of amides is 1. The van der Waals surface area contributed by atoms with Crippen molar-refractivity contribution >= 4 is 16.9 Å². The maximum Gasteiger partial charge on any atom is 0.272 e. The van der Waals surface area contributed by atoms with Gasteiger partial charge in [0.25, 0.3) is 11.5 Å². The monoisotopic (exact) mass is 363 g/mol. The van der Waals surface area contributed by atoms with Crippen molar-refractivity contribution in [1.82, 2.24) is 14.9 Å². The van der Waals surface area contributed by atoms with E-state index in [0.29, 0.717) is 23.3 Å². The predicted octanol–water partition coefficient (Wildman–Crippen LogP) is 3.48. The van der Waals surface area contributed by atoms with Crippen LogP contribution in [0.2, 0.25) is 0 Å². The van der Waals surface area contributed by atoms with Crippen LogP contribution in [0.1, 0.15) is 41.9 Å². The third-order valence-electron chi connectivity index (χ3n) is 4.77. The van der Waals surface area contributed by atoms with Gasteiger partial charge in [-0.1, -0.05) is 30.3 Å². The molecule has 0 fully saturated rings. The van der Waals surface area contributed by atoms with Crippen LogP contribution in [0.25, 0.3) is 11.0 Å². The molecule has 1 aromatic heterocycles. The minimum atomic E-state index is -0.119. The Balaban J connectivity index is 1.73. The van der Waals surface area contributed by atoms with E-state index < -0.39 is 0 Å². The summed E-state index contributed by atoms with van der Waals surface area (Å²) in [6.45, 7) is 6.21. The molecule has 0 bridgehead atoms. The first-order chi connectivity index (χ1) is 13.0. The smallest absolute Gasteiger partial charge is 0.272 e. The average Bonchev–Trinajstić information content (AvgIpc) is 2.68. The van der Waals surface area contributed by atoms with Crippen LogP contribution < -0.4 is 10.9 Å². The molecule has 0 aliphatic rings. The molecule has 5 heteroatoms. The summed E-state index contributed by atoms with van der Waals surface area (Å²) in [7, 11) is 0. The van der Waals surface area contributed by atoms with E-state index in [2.05, 4.69) is 22.4 Å². The van der Waals surface area contributed by atoms with Crippen molar-refractivity contribution in [3.63, 3.8) is 0 Å². The highest BCUT2D eigenvalue weighted by molar-refractivity contribution is 5.97. The van der Waals surface area contributed by atoms with Crippen molar-refractivity contribution in [1.29, 1.82) is 0 Å². The molecule has 2 aromatic carbocycles. The summed E-state index contributed by atoms with van der Waals surface area (Å²) in [4.78, 5) is 29.2. The highest BCUT2D eigenvalue weighted by Gasteiger charge is 2.13. The Hall–Kier alpha value is -2.95. The van der Waals surface area contributed by atoms with E-state index in [9.17, 15) is 9.59 Å². The van der Waals surface area contributed by atoms with Crippen molar-refractivity contribution in [3.8, 4) is 0 Å². The first-order valence-corrected chi connectivity index (χ1v) is 9.35. The van der Waals surface area contributed by atoms with Crippen LogP contribution in [0, 0.1) is 6.92 Å². The van der Waals surface area contributed by atoms with Crippen molar-refractivity contribution in [2.45, 2.75) is 46.2 Å². The fourth-order valence-electron chi connectivity index (χ4n) is 3.24. The molecule has 0 aliphatic heterocycles. The Morgan fingerprint density at radius 1 is 1.19 bits per heavy atom. The predicted molar refractivity (Wildman–Crippen MR) is 108 cm³/mol. The third-order valence-corrected chi connectivity index (χ3v) is 4.77. The van der Waals surface area contributed by atoms with E-state index in [1.807, 2.05) is 32.0 Å². The highest BCUT2D eigenvalue weighted by atomic mass is 16.1. The second kappa shape index (κ2) is 8.16. The molecule has 0 saturated carbocycles. The number of hydrogen-bond acceptors (Lipinski definition) is 3. The van der Waals surface area contributed by atoms with Gasteiger partial charge in [0.1, 0.15) is 5.69 Å². The lowest BCUT2D eigenvalue weighted by atomic mass is 10.1. The van der Waals surface area contributed by atoms with E-state index in [-0.39, 0.29) is 17.5 Å². The molecule has 27 heavy (non-hydrogen) atoms. The van der Waals surface area contributed by atoms with E-state index in [1.165, 1.54) is 5.56 Å². The van der Waals surface area contributed by atoms with Crippen LogP contribution in [0.5, 0.6) is 0 Å². The Kier molecular flexibility index (Phi) is 5.69. The number of fused-ring (bicyclic) bond motifs is 1. The number of benzene rings is 2. The molecular formula is C22H25N3O2. The molecule has 1 atom stereocenters. The number of carbonyl (C=O) groups is 1. The Morgan fingerprint density at radius 3 is 2.63 bits per heavy atom. The topological polar surface area (TPSA) is 64.0 Å². The van der Waals surface area contributed by atoms with Gasteiger partial charge in [0.05, 0.1) is 11.0 Å². The van der Waals surface area contributed by atoms with Crippen molar-refractivity contribution in [2.24, 2.45) is 0 Å². The summed E-state index contributed by atoms with van der Waals surface area (Å²) in [6.07, 6.45) is 1.79. The molecule has 3 aromatic rings. The number of nitrogens with zero attached hydrogens (tertiary/aromatic N) is 2. The molecule has 0 spiro atoms. The molecule has 0 aliphatic carbocycles. The number of rotatable bonds is 6. The minimum absolute atomic E-state index is 0.0627. The summed E-state index contributed by atoms with van der Waals surface area (Å²) in [5, 5.41) is 3.05. The molecule has 0 unspecified atom stereocenters. The van der Waals surface area contributed by atoms with Crippen LogP contribution in [0.4, 0.5) is 0 Å². The molecule has 0 saturated heterocycles. The van der Waals surface area contributed by atoms with Gasteiger partial charge in [-0.15, -0.1) is 0 Å². The zero-order valence-electron chi connectivity index (χ0n) is 16.0. The molecule has 5 nitrogen and oxygen atoms in total. The third kappa shape index (κ3) is 4.25. The largest absolute Gasteiger partial charge is 0.350 e. The maximum atomic E-state index is 12.6. The van der Waals surface area contributed by atoms with E-state index in [1.54, 1.807) is 29.7 Å². The van der Waals surface area contributed by atoms with Gasteiger partial charge < -0.3 is 9.88 Å². The molecule has 1 N–H and O–H groups in total. The van der Waals surface area contributed by atoms with Crippen LogP contribution >= 0.6 is 0 Å². The van der Waals surface area contributed by atoms with Gasteiger partial charge in [-0.05, 0) is 57.4 Å². The lowest BCUT2D eigenvalue weighted by Gasteiger charge is -2.15. The number of aryl methyl sites for hydroxylation is 3. The Morgan fingerprint density at radius 2 is 1.93 bits per heavy atom. The highest BCUT2D eigenvalue weighted by Crippen LogP contribution is 2.14. The first-order valence-electron chi connectivity index (χ1n) is 9.35. The molecular weight excluding hydrogens is 338 g/mol. The van der Waals surface area contributed by atoms with Crippen molar-refractivity contribution in [2.75, 3.05) is 0 Å². The van der Waals surface area contributed by atoms with Crippen LogP contribution in [-0.4, -0.2) is 21.5 Å². The zero-order chi connectivity index (χ0) is 19.4. The summed E-state index contributed by atoms with van der Waals surface area (Å²) < 4.78 is 1.68. The molecule has 1 heterocycles. The summed E-state index contributed by atoms with van der Waals surface area (Å²) >= 11 is 0. The van der Waals surface area contributed by atoms with Gasteiger partial charge in [0.15, 0.2) is 0 Å².